The topological polar surface area (TPSA) is 78.2 Å². The van der Waals surface area contributed by atoms with Crippen LogP contribution in [-0.2, 0) is 17.4 Å². The normalized spacial score (nSPS) is 16.8. The summed E-state index contributed by atoms with van der Waals surface area (Å²) in [6, 6.07) is 7.53. The summed E-state index contributed by atoms with van der Waals surface area (Å²) in [5.41, 5.74) is 1.87. The Bertz CT molecular complexity index is 1150. The van der Waals surface area contributed by atoms with Crippen LogP contribution in [0.5, 0.6) is 5.75 Å². The van der Waals surface area contributed by atoms with E-state index in [1.54, 1.807) is 24.9 Å². The molecule has 1 N–H and O–H groups in total. The lowest BCUT2D eigenvalue weighted by Crippen LogP contribution is -2.32. The molecule has 1 aromatic carbocycles. The van der Waals surface area contributed by atoms with Crippen molar-refractivity contribution < 1.29 is 9.53 Å². The van der Waals surface area contributed by atoms with Crippen LogP contribution in [0.3, 0.4) is 0 Å². The summed E-state index contributed by atoms with van der Waals surface area (Å²) in [4.78, 5) is 25.6. The van der Waals surface area contributed by atoms with E-state index in [0.717, 1.165) is 16.5 Å². The van der Waals surface area contributed by atoms with Gasteiger partial charge in [0.05, 0.1) is 24.4 Å². The van der Waals surface area contributed by atoms with Crippen molar-refractivity contribution in [2.75, 3.05) is 12.4 Å². The Balaban J connectivity index is 1.92. The molecule has 3 heterocycles. The van der Waals surface area contributed by atoms with Crippen LogP contribution in [0.4, 0.5) is 5.82 Å². The van der Waals surface area contributed by atoms with E-state index in [9.17, 15) is 9.59 Å². The molecule has 0 radical (unpaired) electrons. The molecule has 0 unspecified atom stereocenters. The van der Waals surface area contributed by atoms with Crippen molar-refractivity contribution in [1.82, 2.24) is 14.3 Å². The van der Waals surface area contributed by atoms with E-state index in [1.165, 1.54) is 0 Å². The maximum absolute atomic E-state index is 13.2. The number of pyridine rings is 1. The van der Waals surface area contributed by atoms with Crippen LogP contribution in [-0.4, -0.2) is 27.4 Å². The molecule has 0 saturated carbocycles. The third-order valence-electron chi connectivity index (χ3n) is 5.29. The molecule has 1 aliphatic heterocycles. The van der Waals surface area contributed by atoms with Crippen molar-refractivity contribution in [1.29, 1.82) is 0 Å². The second-order valence-corrected chi connectivity index (χ2v) is 8.22. The molecule has 0 saturated heterocycles. The molecule has 0 spiro atoms. The average molecular weight is 380 g/mol. The smallest absolute Gasteiger partial charge is 0.254 e. The van der Waals surface area contributed by atoms with Gasteiger partial charge in [0.1, 0.15) is 11.6 Å². The fraction of sp³-hybridized carbons (Fsp3) is 0.381. The van der Waals surface area contributed by atoms with Gasteiger partial charge in [0.15, 0.2) is 0 Å². The number of anilines is 1. The zero-order chi connectivity index (χ0) is 20.2. The van der Waals surface area contributed by atoms with E-state index in [4.69, 9.17) is 4.74 Å². The number of hydrogen-bond acceptors (Lipinski definition) is 4. The van der Waals surface area contributed by atoms with E-state index >= 15 is 0 Å². The molecular formula is C21H24N4O3. The van der Waals surface area contributed by atoms with Gasteiger partial charge in [-0.1, -0.05) is 0 Å². The van der Waals surface area contributed by atoms with E-state index < -0.39 is 0 Å². The molecule has 1 amide bonds. The van der Waals surface area contributed by atoms with Gasteiger partial charge >= 0.3 is 0 Å². The van der Waals surface area contributed by atoms with Crippen molar-refractivity contribution in [2.24, 2.45) is 7.05 Å². The monoisotopic (exact) mass is 380 g/mol. The van der Waals surface area contributed by atoms with E-state index in [0.29, 0.717) is 17.1 Å². The first-order valence-corrected chi connectivity index (χ1v) is 9.26. The van der Waals surface area contributed by atoms with Gasteiger partial charge in [-0.15, -0.1) is 0 Å². The minimum atomic E-state index is -0.329. The van der Waals surface area contributed by atoms with Crippen molar-refractivity contribution in [3.8, 4) is 5.75 Å². The van der Waals surface area contributed by atoms with Crippen LogP contribution in [0.2, 0.25) is 0 Å². The number of benzene rings is 1. The second kappa shape index (κ2) is 6.22. The summed E-state index contributed by atoms with van der Waals surface area (Å²) >= 11 is 0. The zero-order valence-electron chi connectivity index (χ0n) is 16.7. The summed E-state index contributed by atoms with van der Waals surface area (Å²) in [6.07, 6.45) is 1.99. The number of carbonyl (C=O) groups is 1. The highest BCUT2D eigenvalue weighted by molar-refractivity contribution is 5.94. The summed E-state index contributed by atoms with van der Waals surface area (Å²) in [6.45, 7) is 6.08. The maximum atomic E-state index is 13.2. The van der Waals surface area contributed by atoms with Crippen LogP contribution in [0.1, 0.15) is 44.2 Å². The first kappa shape index (κ1) is 18.3. The lowest BCUT2D eigenvalue weighted by molar-refractivity contribution is -0.116. The number of amides is 1. The predicted octanol–water partition coefficient (Wildman–Crippen LogP) is 2.97. The molecular weight excluding hydrogens is 356 g/mol. The number of fused-ring (bicyclic) bond motifs is 2. The third-order valence-corrected chi connectivity index (χ3v) is 5.29. The summed E-state index contributed by atoms with van der Waals surface area (Å²) in [5.74, 6) is 0.928. The molecule has 2 aromatic heterocycles. The van der Waals surface area contributed by atoms with Crippen LogP contribution >= 0.6 is 0 Å². The minimum Gasteiger partial charge on any atom is -0.497 e. The Morgan fingerprint density at radius 3 is 2.61 bits per heavy atom. The minimum absolute atomic E-state index is 0.111. The van der Waals surface area contributed by atoms with Crippen LogP contribution in [0.25, 0.3) is 10.9 Å². The van der Waals surface area contributed by atoms with Crippen molar-refractivity contribution in [3.05, 3.63) is 51.9 Å². The van der Waals surface area contributed by atoms with E-state index in [1.807, 2.05) is 49.7 Å². The number of hydrogen-bond donors (Lipinski definition) is 1. The highest BCUT2D eigenvalue weighted by Crippen LogP contribution is 2.38. The predicted molar refractivity (Wildman–Crippen MR) is 108 cm³/mol. The Labute approximate surface area is 162 Å². The number of aromatic nitrogens is 3. The van der Waals surface area contributed by atoms with Crippen molar-refractivity contribution in [2.45, 2.75) is 38.6 Å². The Morgan fingerprint density at radius 2 is 1.93 bits per heavy atom. The molecule has 7 heteroatoms. The average Bonchev–Trinajstić information content (AvgIpc) is 3.08. The molecule has 3 aromatic rings. The number of nitrogens with zero attached hydrogens (tertiary/aromatic N) is 3. The molecule has 146 valence electrons. The van der Waals surface area contributed by atoms with E-state index in [-0.39, 0.29) is 29.3 Å². The molecule has 0 fully saturated rings. The Hall–Kier alpha value is -3.09. The number of methoxy groups -OCH3 is 1. The van der Waals surface area contributed by atoms with Gasteiger partial charge in [0.25, 0.3) is 5.56 Å². The first-order chi connectivity index (χ1) is 13.2. The molecule has 1 aliphatic rings. The Morgan fingerprint density at radius 1 is 1.18 bits per heavy atom. The number of ether oxygens (including phenoxy) is 1. The summed E-state index contributed by atoms with van der Waals surface area (Å²) in [5, 5.41) is 8.35. The fourth-order valence-corrected chi connectivity index (χ4v) is 3.85. The van der Waals surface area contributed by atoms with Crippen LogP contribution < -0.4 is 15.6 Å². The van der Waals surface area contributed by atoms with Gasteiger partial charge in [-0.3, -0.25) is 9.59 Å². The molecule has 4 rings (SSSR count). The van der Waals surface area contributed by atoms with Crippen molar-refractivity contribution >= 4 is 22.6 Å². The first-order valence-electron chi connectivity index (χ1n) is 9.26. The number of aryl methyl sites for hydroxylation is 1. The molecule has 28 heavy (non-hydrogen) atoms. The fourth-order valence-electron chi connectivity index (χ4n) is 3.85. The molecule has 0 aliphatic carbocycles. The highest BCUT2D eigenvalue weighted by Gasteiger charge is 2.34. The Kier molecular flexibility index (Phi) is 4.06. The van der Waals surface area contributed by atoms with Gasteiger partial charge in [0, 0.05) is 36.6 Å². The SMILES string of the molecule is COc1ccc2cc([C@@H]3CC(=O)Nc4c3cnn4C(C)(C)C)c(=O)n(C)c2c1. The zero-order valence-corrected chi connectivity index (χ0v) is 16.7. The van der Waals surface area contributed by atoms with E-state index in [2.05, 4.69) is 10.4 Å². The largest absolute Gasteiger partial charge is 0.497 e. The summed E-state index contributed by atoms with van der Waals surface area (Å²) in [7, 11) is 3.35. The maximum Gasteiger partial charge on any atom is 0.254 e. The van der Waals surface area contributed by atoms with Gasteiger partial charge in [-0.25, -0.2) is 4.68 Å². The van der Waals surface area contributed by atoms with Gasteiger partial charge < -0.3 is 14.6 Å². The van der Waals surface area contributed by atoms with Gasteiger partial charge in [-0.05, 0) is 44.4 Å². The summed E-state index contributed by atoms with van der Waals surface area (Å²) < 4.78 is 8.71. The molecule has 0 bridgehead atoms. The van der Waals surface area contributed by atoms with Crippen molar-refractivity contribution in [3.63, 3.8) is 0 Å². The second-order valence-electron chi connectivity index (χ2n) is 8.22. The van der Waals surface area contributed by atoms with Crippen LogP contribution in [0, 0.1) is 0 Å². The van der Waals surface area contributed by atoms with Gasteiger partial charge in [0.2, 0.25) is 5.91 Å². The number of nitrogens with one attached hydrogen (secondary N) is 1. The lowest BCUT2D eigenvalue weighted by Gasteiger charge is -2.28. The lowest BCUT2D eigenvalue weighted by atomic mass is 9.87. The molecule has 1 atom stereocenters. The van der Waals surface area contributed by atoms with Crippen LogP contribution in [0.15, 0.2) is 35.3 Å². The number of rotatable bonds is 2. The molecule has 7 nitrogen and oxygen atoms in total. The third kappa shape index (κ3) is 2.78. The number of carbonyl (C=O) groups excluding carboxylic acids is 1. The highest BCUT2D eigenvalue weighted by atomic mass is 16.5. The van der Waals surface area contributed by atoms with Gasteiger partial charge in [-0.2, -0.15) is 5.10 Å². The quantitative estimate of drug-likeness (QED) is 0.741. The standard InChI is InChI=1S/C21H24N4O3/c1-21(2,3)25-19-16(11-22-25)14(10-18(26)23-19)15-8-12-6-7-13(28-5)9-17(12)24(4)20(15)27/h6-9,11,14H,10H2,1-5H3,(H,23,26)/t14-/m0/s1.